The van der Waals surface area contributed by atoms with Gasteiger partial charge in [0, 0.05) is 38.5 Å². The first-order chi connectivity index (χ1) is 9.17. The van der Waals surface area contributed by atoms with E-state index >= 15 is 0 Å². The van der Waals surface area contributed by atoms with E-state index < -0.39 is 6.09 Å². The third-order valence-corrected chi connectivity index (χ3v) is 3.49. The van der Waals surface area contributed by atoms with Gasteiger partial charge in [0.05, 0.1) is 6.61 Å². The van der Waals surface area contributed by atoms with Gasteiger partial charge in [0.2, 0.25) is 0 Å². The van der Waals surface area contributed by atoms with Crippen molar-refractivity contribution in [3.63, 3.8) is 0 Å². The molecule has 0 saturated carbocycles. The summed E-state index contributed by atoms with van der Waals surface area (Å²) in [5.74, 6) is 6.76. The Morgan fingerprint density at radius 3 is 2.58 bits per heavy atom. The molecule has 1 saturated heterocycles. The molecule has 5 nitrogen and oxygen atoms in total. The number of aliphatic hydroxyl groups excluding tert-OH is 1. The number of rotatable bonds is 5. The van der Waals surface area contributed by atoms with E-state index in [4.69, 9.17) is 10.2 Å². The molecule has 1 aliphatic heterocycles. The third-order valence-electron chi connectivity index (χ3n) is 3.49. The average molecular weight is 268 g/mol. The van der Waals surface area contributed by atoms with Gasteiger partial charge in [-0.3, -0.25) is 0 Å². The first kappa shape index (κ1) is 15.8. The highest BCUT2D eigenvalue weighted by Gasteiger charge is 2.20. The Labute approximate surface area is 115 Å². The number of piperidine rings is 1. The summed E-state index contributed by atoms with van der Waals surface area (Å²) in [5.41, 5.74) is 0. The van der Waals surface area contributed by atoms with Gasteiger partial charge in [-0.15, -0.1) is 5.92 Å². The Hall–Kier alpha value is -1.25. The average Bonchev–Trinajstić information content (AvgIpc) is 2.42. The molecule has 0 bridgehead atoms. The van der Waals surface area contributed by atoms with Crippen LogP contribution in [-0.4, -0.2) is 65.4 Å². The molecule has 1 aliphatic rings. The van der Waals surface area contributed by atoms with Crippen molar-refractivity contribution in [1.29, 1.82) is 0 Å². The maximum Gasteiger partial charge on any atom is 0.407 e. The molecule has 19 heavy (non-hydrogen) atoms. The predicted octanol–water partition coefficient (Wildman–Crippen LogP) is 1.08. The van der Waals surface area contributed by atoms with Gasteiger partial charge in [-0.2, -0.15) is 0 Å². The number of carbonyl (C=O) groups is 1. The zero-order chi connectivity index (χ0) is 14.1. The number of hydrogen-bond donors (Lipinski definition) is 2. The molecule has 1 heterocycles. The third kappa shape index (κ3) is 5.95. The zero-order valence-electron chi connectivity index (χ0n) is 11.6. The summed E-state index contributed by atoms with van der Waals surface area (Å²) in [6.45, 7) is 5.98. The lowest BCUT2D eigenvalue weighted by Gasteiger charge is -2.27. The summed E-state index contributed by atoms with van der Waals surface area (Å²) in [4.78, 5) is 14.4. The van der Waals surface area contributed by atoms with Crippen LogP contribution in [0.3, 0.4) is 0 Å². The van der Waals surface area contributed by atoms with Crippen molar-refractivity contribution in [3.05, 3.63) is 0 Å². The predicted molar refractivity (Wildman–Crippen MR) is 73.9 cm³/mol. The summed E-state index contributed by atoms with van der Waals surface area (Å²) in [6, 6.07) is 0. The molecule has 1 fully saturated rings. The SMILES string of the molecule is CCN(CCO)CCC#CC1CCN(C(=O)O)CC1. The number of likely N-dealkylation sites (tertiary alicyclic amines) is 1. The van der Waals surface area contributed by atoms with E-state index in [1.165, 1.54) is 4.90 Å². The first-order valence-corrected chi connectivity index (χ1v) is 6.96. The van der Waals surface area contributed by atoms with E-state index in [2.05, 4.69) is 23.7 Å². The molecule has 0 aromatic rings. The van der Waals surface area contributed by atoms with Crippen LogP contribution in [0.1, 0.15) is 26.2 Å². The largest absolute Gasteiger partial charge is 0.465 e. The minimum absolute atomic E-state index is 0.189. The molecule has 0 atom stereocenters. The molecule has 0 radical (unpaired) electrons. The second-order valence-corrected chi connectivity index (χ2v) is 4.77. The first-order valence-electron chi connectivity index (χ1n) is 6.96. The molecular weight excluding hydrogens is 244 g/mol. The lowest BCUT2D eigenvalue weighted by atomic mass is 9.97. The second-order valence-electron chi connectivity index (χ2n) is 4.77. The summed E-state index contributed by atoms with van der Waals surface area (Å²) in [6.07, 6.45) is 1.67. The highest BCUT2D eigenvalue weighted by atomic mass is 16.4. The van der Waals surface area contributed by atoms with Crippen molar-refractivity contribution in [2.75, 3.05) is 39.3 Å². The quantitative estimate of drug-likeness (QED) is 0.733. The summed E-state index contributed by atoms with van der Waals surface area (Å²) >= 11 is 0. The Balaban J connectivity index is 2.22. The van der Waals surface area contributed by atoms with E-state index in [9.17, 15) is 4.79 Å². The molecule has 0 unspecified atom stereocenters. The van der Waals surface area contributed by atoms with Crippen LogP contribution in [0, 0.1) is 17.8 Å². The van der Waals surface area contributed by atoms with Crippen molar-refractivity contribution in [2.45, 2.75) is 26.2 Å². The minimum atomic E-state index is -0.825. The number of likely N-dealkylation sites (N-methyl/N-ethyl adjacent to an activating group) is 1. The van der Waals surface area contributed by atoms with Crippen molar-refractivity contribution >= 4 is 6.09 Å². The zero-order valence-corrected chi connectivity index (χ0v) is 11.6. The number of nitrogens with zero attached hydrogens (tertiary/aromatic N) is 2. The van der Waals surface area contributed by atoms with Crippen molar-refractivity contribution in [2.24, 2.45) is 5.92 Å². The van der Waals surface area contributed by atoms with Gasteiger partial charge >= 0.3 is 6.09 Å². The van der Waals surface area contributed by atoms with Crippen LogP contribution in [0.5, 0.6) is 0 Å². The van der Waals surface area contributed by atoms with Gasteiger partial charge < -0.3 is 20.0 Å². The monoisotopic (exact) mass is 268 g/mol. The fraction of sp³-hybridized carbons (Fsp3) is 0.786. The fourth-order valence-electron chi connectivity index (χ4n) is 2.22. The van der Waals surface area contributed by atoms with Crippen molar-refractivity contribution < 1.29 is 15.0 Å². The molecule has 2 N–H and O–H groups in total. The fourth-order valence-corrected chi connectivity index (χ4v) is 2.22. The molecule has 1 rings (SSSR count). The number of amides is 1. The molecular formula is C14H24N2O3. The highest BCUT2D eigenvalue weighted by Crippen LogP contribution is 2.16. The lowest BCUT2D eigenvalue weighted by molar-refractivity contribution is 0.130. The number of hydrogen-bond acceptors (Lipinski definition) is 3. The molecule has 0 spiro atoms. The Kier molecular flexibility index (Phi) is 7.31. The van der Waals surface area contributed by atoms with Crippen LogP contribution in [0.4, 0.5) is 4.79 Å². The Morgan fingerprint density at radius 1 is 1.37 bits per heavy atom. The van der Waals surface area contributed by atoms with Gasteiger partial charge in [0.15, 0.2) is 0 Å². The van der Waals surface area contributed by atoms with Crippen molar-refractivity contribution in [1.82, 2.24) is 9.80 Å². The second kappa shape index (κ2) is 8.78. The maximum atomic E-state index is 10.8. The van der Waals surface area contributed by atoms with Crippen LogP contribution in [0.15, 0.2) is 0 Å². The van der Waals surface area contributed by atoms with E-state index in [-0.39, 0.29) is 6.61 Å². The van der Waals surface area contributed by atoms with Gasteiger partial charge in [0.25, 0.3) is 0 Å². The van der Waals surface area contributed by atoms with Gasteiger partial charge in [-0.25, -0.2) is 4.79 Å². The Morgan fingerprint density at radius 2 is 2.05 bits per heavy atom. The van der Waals surface area contributed by atoms with Crippen molar-refractivity contribution in [3.8, 4) is 11.8 Å². The lowest BCUT2D eigenvalue weighted by Crippen LogP contribution is -2.37. The number of carboxylic acid groups (broad SMARTS) is 1. The molecule has 108 valence electrons. The number of aliphatic hydroxyl groups is 1. The van der Waals surface area contributed by atoms with E-state index in [1.807, 2.05) is 0 Å². The molecule has 0 aromatic heterocycles. The summed E-state index contributed by atoms with van der Waals surface area (Å²) < 4.78 is 0. The van der Waals surface area contributed by atoms with Gasteiger partial charge in [-0.1, -0.05) is 12.8 Å². The van der Waals surface area contributed by atoms with Crippen LogP contribution >= 0.6 is 0 Å². The summed E-state index contributed by atoms with van der Waals surface area (Å²) in [5, 5.41) is 17.7. The summed E-state index contributed by atoms with van der Waals surface area (Å²) in [7, 11) is 0. The van der Waals surface area contributed by atoms with Crippen LogP contribution < -0.4 is 0 Å². The maximum absolute atomic E-state index is 10.8. The van der Waals surface area contributed by atoms with E-state index in [0.717, 1.165) is 32.4 Å². The van der Waals surface area contributed by atoms with Gasteiger partial charge in [0.1, 0.15) is 0 Å². The molecule has 0 aliphatic carbocycles. The Bertz CT molecular complexity index is 327. The smallest absolute Gasteiger partial charge is 0.407 e. The van der Waals surface area contributed by atoms with E-state index in [0.29, 0.717) is 25.6 Å². The highest BCUT2D eigenvalue weighted by molar-refractivity contribution is 5.65. The van der Waals surface area contributed by atoms with Crippen LogP contribution in [-0.2, 0) is 0 Å². The molecule has 1 amide bonds. The molecule has 5 heteroatoms. The molecule has 0 aromatic carbocycles. The van der Waals surface area contributed by atoms with Crippen LogP contribution in [0.2, 0.25) is 0 Å². The topological polar surface area (TPSA) is 64.0 Å². The standard InChI is InChI=1S/C14H24N2O3/c1-2-15(11-12-17)8-4-3-5-13-6-9-16(10-7-13)14(18)19/h13,17H,2,4,6-12H2,1H3,(H,18,19). The minimum Gasteiger partial charge on any atom is -0.465 e. The van der Waals surface area contributed by atoms with E-state index in [1.54, 1.807) is 0 Å². The normalized spacial score (nSPS) is 16.3. The van der Waals surface area contributed by atoms with Crippen LogP contribution in [0.25, 0.3) is 0 Å². The van der Waals surface area contributed by atoms with Gasteiger partial charge in [-0.05, 0) is 19.4 Å².